The summed E-state index contributed by atoms with van der Waals surface area (Å²) in [4.78, 5) is 25.8. The van der Waals surface area contributed by atoms with Crippen molar-refractivity contribution < 1.29 is 14.3 Å². The van der Waals surface area contributed by atoms with E-state index in [1.54, 1.807) is 0 Å². The van der Waals surface area contributed by atoms with Gasteiger partial charge in [0.2, 0.25) is 0 Å². The van der Waals surface area contributed by atoms with E-state index in [1.165, 1.54) is 12.3 Å². The molecule has 1 saturated heterocycles. The maximum absolute atomic E-state index is 12.2. The quantitative estimate of drug-likeness (QED) is 0.449. The lowest BCUT2D eigenvalue weighted by atomic mass is 9.92. The zero-order valence-electron chi connectivity index (χ0n) is 18.0. The van der Waals surface area contributed by atoms with Crippen LogP contribution in [0.3, 0.4) is 0 Å². The van der Waals surface area contributed by atoms with Crippen molar-refractivity contribution in [2.45, 2.75) is 82.1 Å². The van der Waals surface area contributed by atoms with Gasteiger partial charge in [0.05, 0.1) is 6.61 Å². The van der Waals surface area contributed by atoms with Crippen LogP contribution >= 0.6 is 0 Å². The lowest BCUT2D eigenvalue weighted by molar-refractivity contribution is -0.0457. The summed E-state index contributed by atoms with van der Waals surface area (Å²) in [5, 5.41) is 10.9. The molecule has 1 aromatic heterocycles. The molecule has 29 heavy (non-hydrogen) atoms. The van der Waals surface area contributed by atoms with Gasteiger partial charge in [0.25, 0.3) is 5.56 Å². The van der Waals surface area contributed by atoms with Crippen LogP contribution in [0.5, 0.6) is 0 Å². The number of aromatic nitrogens is 2. The molecule has 2 rings (SSSR count). The summed E-state index contributed by atoms with van der Waals surface area (Å²) in [5.41, 5.74) is 4.45. The molecule has 0 saturated carbocycles. The first kappa shape index (κ1) is 23.6. The summed E-state index contributed by atoms with van der Waals surface area (Å²) in [6, 6.07) is 1.17. The highest BCUT2D eigenvalue weighted by Crippen LogP contribution is 2.43. The molecule has 4 N–H and O–H groups in total. The molecule has 8 nitrogen and oxygen atoms in total. The van der Waals surface area contributed by atoms with Crippen LogP contribution in [0.25, 0.3) is 0 Å². The lowest BCUT2D eigenvalue weighted by Crippen LogP contribution is -2.55. The largest absolute Gasteiger partial charge is 0.413 e. The van der Waals surface area contributed by atoms with Crippen LogP contribution in [0, 0.1) is 12.3 Å². The molecular formula is C20H33N3O5Si. The Hall–Kier alpha value is -1.70. The molecule has 0 spiro atoms. The number of nitrogens with zero attached hydrogens (tertiary/aromatic N) is 1. The fourth-order valence-electron chi connectivity index (χ4n) is 4.73. The van der Waals surface area contributed by atoms with Crippen molar-refractivity contribution in [2.75, 3.05) is 6.61 Å². The zero-order chi connectivity index (χ0) is 22.1. The maximum Gasteiger partial charge on any atom is 0.330 e. The summed E-state index contributed by atoms with van der Waals surface area (Å²) in [6.45, 7) is 13.1. The van der Waals surface area contributed by atoms with Gasteiger partial charge < -0.3 is 20.0 Å². The number of nitrogens with two attached hydrogens (primary N) is 1. The van der Waals surface area contributed by atoms with Crippen molar-refractivity contribution in [3.8, 4) is 12.3 Å². The summed E-state index contributed by atoms with van der Waals surface area (Å²) < 4.78 is 13.6. The minimum atomic E-state index is -2.20. The lowest BCUT2D eigenvalue weighted by Gasteiger charge is -2.42. The topological polar surface area (TPSA) is 120 Å². The SMILES string of the molecule is C#C[C@@]1(N)[C@H](O)[C@@H](CO[Si](C(C)C)(C(C)C)C(C)C)O[C@H]1n1ccc(=O)[nH]c1=O. The van der Waals surface area contributed by atoms with Crippen molar-refractivity contribution >= 4 is 8.32 Å². The van der Waals surface area contributed by atoms with E-state index in [1.807, 2.05) is 0 Å². The van der Waals surface area contributed by atoms with Gasteiger partial charge >= 0.3 is 5.69 Å². The monoisotopic (exact) mass is 423 g/mol. The Morgan fingerprint density at radius 3 is 2.31 bits per heavy atom. The van der Waals surface area contributed by atoms with E-state index in [0.29, 0.717) is 16.6 Å². The van der Waals surface area contributed by atoms with Gasteiger partial charge in [0.15, 0.2) is 20.1 Å². The van der Waals surface area contributed by atoms with E-state index >= 15 is 0 Å². The molecule has 162 valence electrons. The van der Waals surface area contributed by atoms with Crippen LogP contribution in [0.2, 0.25) is 16.6 Å². The standard InChI is InChI=1S/C20H33N3O5Si/c1-8-20(21)17(25)15(11-27-29(12(2)3,13(4)5)14(6)7)28-18(20)23-10-9-16(24)22-19(23)26/h1,9-10,12-15,17-18,25H,11,21H2,2-7H3,(H,22,24,26)/t15-,17-,18-,20-/m1/s1. The number of aliphatic hydroxyl groups is 1. The number of hydrogen-bond donors (Lipinski definition) is 3. The van der Waals surface area contributed by atoms with E-state index in [9.17, 15) is 14.7 Å². The molecule has 1 aliphatic rings. The molecule has 0 aliphatic carbocycles. The number of ether oxygens (including phenoxy) is 1. The third kappa shape index (κ3) is 4.00. The predicted molar refractivity (Wildman–Crippen MR) is 114 cm³/mol. The Balaban J connectivity index is 2.35. The van der Waals surface area contributed by atoms with E-state index in [2.05, 4.69) is 52.4 Å². The highest BCUT2D eigenvalue weighted by atomic mass is 28.4. The van der Waals surface area contributed by atoms with Crippen LogP contribution in [-0.2, 0) is 9.16 Å². The molecule has 1 fully saturated rings. The molecule has 0 amide bonds. The smallest absolute Gasteiger partial charge is 0.330 e. The van der Waals surface area contributed by atoms with Crippen molar-refractivity contribution in [2.24, 2.45) is 5.73 Å². The first-order valence-electron chi connectivity index (χ1n) is 9.97. The second kappa shape index (κ2) is 8.58. The van der Waals surface area contributed by atoms with Crippen molar-refractivity contribution in [3.63, 3.8) is 0 Å². The van der Waals surface area contributed by atoms with Gasteiger partial charge in [-0.05, 0) is 16.6 Å². The van der Waals surface area contributed by atoms with Crippen molar-refractivity contribution in [1.29, 1.82) is 0 Å². The number of rotatable bonds is 7. The summed E-state index contributed by atoms with van der Waals surface area (Å²) >= 11 is 0. The second-order valence-corrected chi connectivity index (χ2v) is 14.2. The predicted octanol–water partition coefficient (Wildman–Crippen LogP) is 1.32. The van der Waals surface area contributed by atoms with Crippen LogP contribution < -0.4 is 17.0 Å². The third-order valence-electron chi connectivity index (χ3n) is 6.11. The number of aliphatic hydroxyl groups excluding tert-OH is 1. The van der Waals surface area contributed by atoms with Crippen molar-refractivity contribution in [1.82, 2.24) is 9.55 Å². The van der Waals surface area contributed by atoms with Crippen molar-refractivity contribution in [3.05, 3.63) is 33.1 Å². The summed E-state index contributed by atoms with van der Waals surface area (Å²) in [6.07, 6.45) is 3.71. The molecule has 4 atom stereocenters. The number of nitrogens with one attached hydrogen (secondary N) is 1. The average Bonchev–Trinajstić information content (AvgIpc) is 2.87. The van der Waals surface area contributed by atoms with Gasteiger partial charge in [-0.2, -0.15) is 0 Å². The Morgan fingerprint density at radius 2 is 1.86 bits per heavy atom. The molecule has 0 radical (unpaired) electrons. The number of aromatic amines is 1. The maximum atomic E-state index is 12.2. The summed E-state index contributed by atoms with van der Waals surface area (Å²) in [7, 11) is -2.20. The van der Waals surface area contributed by atoms with Crippen LogP contribution in [0.15, 0.2) is 21.9 Å². The molecule has 1 aromatic rings. The van der Waals surface area contributed by atoms with Gasteiger partial charge in [0, 0.05) is 12.3 Å². The number of hydrogen-bond acceptors (Lipinski definition) is 6. The normalized spacial score (nSPS) is 27.7. The second-order valence-electron chi connectivity index (χ2n) is 8.70. The third-order valence-corrected chi connectivity index (χ3v) is 12.2. The van der Waals surface area contributed by atoms with E-state index in [-0.39, 0.29) is 6.61 Å². The Bertz CT molecular complexity index is 850. The first-order chi connectivity index (χ1) is 13.4. The Labute approximate surface area is 172 Å². The van der Waals surface area contributed by atoms with E-state index in [4.69, 9.17) is 21.3 Å². The average molecular weight is 424 g/mol. The molecule has 9 heteroatoms. The summed E-state index contributed by atoms with van der Waals surface area (Å²) in [5.74, 6) is 2.38. The van der Waals surface area contributed by atoms with E-state index < -0.39 is 43.5 Å². The molecule has 2 heterocycles. The molecular weight excluding hydrogens is 390 g/mol. The molecule has 0 unspecified atom stereocenters. The highest BCUT2D eigenvalue weighted by Gasteiger charge is 2.55. The number of terminal acetylenes is 1. The Morgan fingerprint density at radius 1 is 1.31 bits per heavy atom. The minimum Gasteiger partial charge on any atom is -0.413 e. The van der Waals surface area contributed by atoms with E-state index in [0.717, 1.165) is 4.57 Å². The zero-order valence-corrected chi connectivity index (χ0v) is 19.0. The Kier molecular flexibility index (Phi) is 6.97. The van der Waals surface area contributed by atoms with Gasteiger partial charge in [-0.25, -0.2) is 4.79 Å². The first-order valence-corrected chi connectivity index (χ1v) is 12.1. The van der Waals surface area contributed by atoms with Crippen LogP contribution in [0.4, 0.5) is 0 Å². The fourth-order valence-corrected chi connectivity index (χ4v) is 10.2. The highest BCUT2D eigenvalue weighted by molar-refractivity contribution is 6.77. The fraction of sp³-hybridized carbons (Fsp3) is 0.700. The molecule has 0 bridgehead atoms. The van der Waals surface area contributed by atoms with Gasteiger partial charge in [-0.15, -0.1) is 6.42 Å². The van der Waals surface area contributed by atoms with Crippen LogP contribution in [0.1, 0.15) is 47.8 Å². The van der Waals surface area contributed by atoms with Gasteiger partial charge in [0.1, 0.15) is 12.2 Å². The minimum absolute atomic E-state index is 0.122. The van der Waals surface area contributed by atoms with Gasteiger partial charge in [-0.1, -0.05) is 47.5 Å². The number of H-pyrrole nitrogens is 1. The van der Waals surface area contributed by atoms with Crippen LogP contribution in [-0.4, -0.2) is 47.3 Å². The molecule has 1 aliphatic heterocycles. The molecule has 0 aromatic carbocycles. The van der Waals surface area contributed by atoms with Gasteiger partial charge in [-0.3, -0.25) is 14.3 Å².